The van der Waals surface area contributed by atoms with Gasteiger partial charge in [0.2, 0.25) is 0 Å². The van der Waals surface area contributed by atoms with Crippen molar-refractivity contribution in [2.45, 2.75) is 103 Å². The highest BCUT2D eigenvalue weighted by Crippen LogP contribution is 2.42. The molecule has 0 heterocycles. The van der Waals surface area contributed by atoms with Crippen LogP contribution in [0.15, 0.2) is 0 Å². The normalized spacial score (nSPS) is 42.5. The molecule has 3 aliphatic carbocycles. The molecule has 134 valence electrons. The van der Waals surface area contributed by atoms with Gasteiger partial charge in [-0.05, 0) is 93.8 Å². The van der Waals surface area contributed by atoms with Crippen molar-refractivity contribution in [3.05, 3.63) is 0 Å². The summed E-state index contributed by atoms with van der Waals surface area (Å²) in [5.74, 6) is 4.99. The largest absolute Gasteiger partial charge is 0.378 e. The van der Waals surface area contributed by atoms with Crippen LogP contribution in [-0.4, -0.2) is 12.7 Å². The van der Waals surface area contributed by atoms with E-state index in [0.717, 1.165) is 36.2 Å². The van der Waals surface area contributed by atoms with Gasteiger partial charge in [0.05, 0.1) is 6.10 Å². The Morgan fingerprint density at radius 1 is 0.652 bits per heavy atom. The molecule has 0 aromatic rings. The predicted molar refractivity (Wildman–Crippen MR) is 98.6 cm³/mol. The quantitative estimate of drug-likeness (QED) is 0.554. The summed E-state index contributed by atoms with van der Waals surface area (Å²) in [6.45, 7) is 5.84. The molecule has 0 saturated heterocycles. The van der Waals surface area contributed by atoms with Gasteiger partial charge in [0.25, 0.3) is 0 Å². The second-order valence-electron chi connectivity index (χ2n) is 9.19. The Morgan fingerprint density at radius 2 is 1.17 bits per heavy atom. The summed E-state index contributed by atoms with van der Waals surface area (Å²) in [6.07, 6.45) is 19.4. The van der Waals surface area contributed by atoms with Crippen molar-refractivity contribution >= 4 is 0 Å². The molecule has 0 spiro atoms. The van der Waals surface area contributed by atoms with Crippen molar-refractivity contribution in [1.29, 1.82) is 0 Å². The van der Waals surface area contributed by atoms with Crippen LogP contribution in [0.25, 0.3) is 0 Å². The summed E-state index contributed by atoms with van der Waals surface area (Å²) in [7, 11) is 0. The van der Waals surface area contributed by atoms with E-state index in [2.05, 4.69) is 13.8 Å². The molecule has 0 aliphatic heterocycles. The first-order valence-electron chi connectivity index (χ1n) is 10.9. The fourth-order valence-corrected chi connectivity index (χ4v) is 5.56. The lowest BCUT2D eigenvalue weighted by Crippen LogP contribution is -2.28. The van der Waals surface area contributed by atoms with E-state index in [1.807, 2.05) is 0 Å². The van der Waals surface area contributed by atoms with Crippen LogP contribution in [0.5, 0.6) is 0 Å². The molecule has 1 heteroatoms. The van der Waals surface area contributed by atoms with Crippen molar-refractivity contribution in [2.75, 3.05) is 6.61 Å². The Kier molecular flexibility index (Phi) is 6.86. The molecule has 0 radical (unpaired) electrons. The van der Waals surface area contributed by atoms with Crippen LogP contribution in [0.2, 0.25) is 0 Å². The molecule has 3 rings (SSSR count). The molecule has 0 unspecified atom stereocenters. The molecular formula is C22H40O. The summed E-state index contributed by atoms with van der Waals surface area (Å²) >= 11 is 0. The first kappa shape index (κ1) is 17.8. The molecule has 0 bridgehead atoms. The van der Waals surface area contributed by atoms with Crippen molar-refractivity contribution < 1.29 is 4.74 Å². The Labute approximate surface area is 144 Å². The molecule has 0 aromatic heterocycles. The second-order valence-corrected chi connectivity index (χ2v) is 9.19. The van der Waals surface area contributed by atoms with Gasteiger partial charge < -0.3 is 4.74 Å². The molecular weight excluding hydrogens is 280 g/mol. The maximum Gasteiger partial charge on any atom is 0.0575 e. The molecule has 3 saturated carbocycles. The zero-order valence-corrected chi connectivity index (χ0v) is 15.8. The predicted octanol–water partition coefficient (Wildman–Crippen LogP) is 6.60. The van der Waals surface area contributed by atoms with E-state index in [4.69, 9.17) is 4.74 Å². The van der Waals surface area contributed by atoms with E-state index in [0.29, 0.717) is 6.10 Å². The summed E-state index contributed by atoms with van der Waals surface area (Å²) in [5, 5.41) is 0. The minimum Gasteiger partial charge on any atom is -0.378 e. The van der Waals surface area contributed by atoms with E-state index >= 15 is 0 Å². The molecule has 0 atom stereocenters. The van der Waals surface area contributed by atoms with Crippen LogP contribution in [-0.2, 0) is 4.74 Å². The fraction of sp³-hybridized carbons (Fsp3) is 1.00. The molecule has 3 aliphatic rings. The summed E-state index contributed by atoms with van der Waals surface area (Å²) in [5.41, 5.74) is 0. The van der Waals surface area contributed by atoms with Crippen molar-refractivity contribution in [1.82, 2.24) is 0 Å². The Morgan fingerprint density at radius 3 is 1.70 bits per heavy atom. The Hall–Kier alpha value is -0.0400. The minimum absolute atomic E-state index is 0.591. The van der Waals surface area contributed by atoms with Gasteiger partial charge in [-0.3, -0.25) is 0 Å². The van der Waals surface area contributed by atoms with E-state index in [-0.39, 0.29) is 0 Å². The second kappa shape index (κ2) is 8.88. The fourth-order valence-electron chi connectivity index (χ4n) is 5.56. The Bertz CT molecular complexity index is 315. The highest BCUT2D eigenvalue weighted by molar-refractivity contribution is 4.82. The van der Waals surface area contributed by atoms with Gasteiger partial charge in [0.1, 0.15) is 0 Å². The third-order valence-corrected chi connectivity index (χ3v) is 7.56. The van der Waals surface area contributed by atoms with Gasteiger partial charge in [-0.25, -0.2) is 0 Å². The zero-order chi connectivity index (χ0) is 16.1. The van der Waals surface area contributed by atoms with Crippen LogP contribution < -0.4 is 0 Å². The average molecular weight is 321 g/mol. The van der Waals surface area contributed by atoms with Crippen LogP contribution in [0.3, 0.4) is 0 Å². The molecule has 0 N–H and O–H groups in total. The van der Waals surface area contributed by atoms with Gasteiger partial charge in [-0.15, -0.1) is 0 Å². The molecule has 3 fully saturated rings. The van der Waals surface area contributed by atoms with Crippen molar-refractivity contribution in [3.8, 4) is 0 Å². The van der Waals surface area contributed by atoms with Gasteiger partial charge in [0.15, 0.2) is 0 Å². The summed E-state index contributed by atoms with van der Waals surface area (Å²) in [4.78, 5) is 0. The van der Waals surface area contributed by atoms with Gasteiger partial charge in [0, 0.05) is 6.61 Å². The third-order valence-electron chi connectivity index (χ3n) is 7.56. The minimum atomic E-state index is 0.591. The first-order valence-corrected chi connectivity index (χ1v) is 10.9. The lowest BCUT2D eigenvalue weighted by Gasteiger charge is -2.38. The smallest absolute Gasteiger partial charge is 0.0575 e. The molecule has 23 heavy (non-hydrogen) atoms. The highest BCUT2D eigenvalue weighted by atomic mass is 16.5. The third kappa shape index (κ3) is 5.21. The van der Waals surface area contributed by atoms with Crippen LogP contribution >= 0.6 is 0 Å². The van der Waals surface area contributed by atoms with Gasteiger partial charge in [-0.2, -0.15) is 0 Å². The van der Waals surface area contributed by atoms with Gasteiger partial charge >= 0.3 is 0 Å². The zero-order valence-electron chi connectivity index (χ0n) is 15.8. The van der Waals surface area contributed by atoms with E-state index in [1.165, 1.54) is 83.5 Å². The number of ether oxygens (including phenoxy) is 1. The number of hydrogen-bond donors (Lipinski definition) is 0. The number of hydrogen-bond acceptors (Lipinski definition) is 1. The maximum absolute atomic E-state index is 6.28. The van der Waals surface area contributed by atoms with Crippen molar-refractivity contribution in [3.63, 3.8) is 0 Å². The Balaban J connectivity index is 1.31. The lowest BCUT2D eigenvalue weighted by molar-refractivity contribution is -0.0111. The highest BCUT2D eigenvalue weighted by Gasteiger charge is 2.31. The number of rotatable bonds is 5. The molecule has 1 nitrogen and oxygen atoms in total. The summed E-state index contributed by atoms with van der Waals surface area (Å²) in [6, 6.07) is 0. The average Bonchev–Trinajstić information content (AvgIpc) is 2.62. The van der Waals surface area contributed by atoms with Crippen molar-refractivity contribution in [2.24, 2.45) is 29.6 Å². The van der Waals surface area contributed by atoms with Crippen LogP contribution in [0.1, 0.15) is 97.3 Å². The van der Waals surface area contributed by atoms with Crippen LogP contribution in [0, 0.1) is 29.6 Å². The SMILES string of the molecule is CCC1CCC(C2CCC(COC3CCC(C)CC3)CC2)CC1. The molecule has 0 aromatic carbocycles. The van der Waals surface area contributed by atoms with E-state index in [9.17, 15) is 0 Å². The maximum atomic E-state index is 6.28. The topological polar surface area (TPSA) is 9.23 Å². The lowest BCUT2D eigenvalue weighted by atomic mass is 9.69. The van der Waals surface area contributed by atoms with Crippen LogP contribution in [0.4, 0.5) is 0 Å². The standard InChI is InChI=1S/C22H40O/c1-3-18-6-10-20(11-7-18)21-12-8-19(9-13-21)16-23-22-14-4-17(2)5-15-22/h17-22H,3-16H2,1-2H3. The molecule has 0 amide bonds. The van der Waals surface area contributed by atoms with Gasteiger partial charge in [-0.1, -0.05) is 33.1 Å². The first-order chi connectivity index (χ1) is 11.2. The summed E-state index contributed by atoms with van der Waals surface area (Å²) < 4.78 is 6.28. The monoisotopic (exact) mass is 320 g/mol. The van der Waals surface area contributed by atoms with E-state index < -0.39 is 0 Å². The van der Waals surface area contributed by atoms with E-state index in [1.54, 1.807) is 0 Å².